The Hall–Kier alpha value is -1.00. The van der Waals surface area contributed by atoms with Crippen LogP contribution in [0.2, 0.25) is 0 Å². The molecule has 3 aliphatic rings. The predicted molar refractivity (Wildman–Crippen MR) is 111 cm³/mol. The van der Waals surface area contributed by atoms with Gasteiger partial charge in [0, 0.05) is 69.8 Å². The average Bonchev–Trinajstić information content (AvgIpc) is 3.32. The van der Waals surface area contributed by atoms with Gasteiger partial charge >= 0.3 is 0 Å². The van der Waals surface area contributed by atoms with Crippen molar-refractivity contribution in [3.8, 4) is 0 Å². The van der Waals surface area contributed by atoms with Gasteiger partial charge in [-0.2, -0.15) is 0 Å². The average molecular weight is 427 g/mol. The number of nitrogens with zero attached hydrogens (tertiary/aromatic N) is 4. The molecule has 0 saturated carbocycles. The molecular weight excluding hydrogens is 396 g/mol. The third-order valence-corrected chi connectivity index (χ3v) is 8.79. The van der Waals surface area contributed by atoms with Gasteiger partial charge < -0.3 is 4.90 Å². The number of hydrogen-bond donors (Lipinski definition) is 0. The monoisotopic (exact) mass is 426 g/mol. The summed E-state index contributed by atoms with van der Waals surface area (Å²) in [6.45, 7) is 8.43. The Morgan fingerprint density at radius 3 is 2.36 bits per heavy atom. The number of piperazine rings is 2. The largest absolute Gasteiger partial charge is 0.339 e. The van der Waals surface area contributed by atoms with Crippen LogP contribution in [-0.4, -0.2) is 110 Å². The Kier molecular flexibility index (Phi) is 6.37. The zero-order valence-electron chi connectivity index (χ0n) is 16.3. The fourth-order valence-corrected chi connectivity index (χ4v) is 6.93. The molecule has 7 nitrogen and oxygen atoms in total. The van der Waals surface area contributed by atoms with E-state index in [9.17, 15) is 13.2 Å². The SMILES string of the molecule is O=C(CN1CCN(Cc2cccs2)CC1)N1CCN(C2CCS(=O)(=O)C2)CC1. The van der Waals surface area contributed by atoms with Crippen molar-refractivity contribution >= 4 is 27.1 Å². The van der Waals surface area contributed by atoms with Gasteiger partial charge in [-0.3, -0.25) is 19.5 Å². The minimum atomic E-state index is -2.85. The second kappa shape index (κ2) is 8.79. The fourth-order valence-electron chi connectivity index (χ4n) is 4.42. The fraction of sp³-hybridized carbons (Fsp3) is 0.737. The molecule has 28 heavy (non-hydrogen) atoms. The zero-order valence-corrected chi connectivity index (χ0v) is 18.0. The van der Waals surface area contributed by atoms with Crippen molar-refractivity contribution in [3.63, 3.8) is 0 Å². The van der Waals surface area contributed by atoms with E-state index in [0.717, 1.165) is 52.2 Å². The van der Waals surface area contributed by atoms with Crippen molar-refractivity contribution in [1.29, 1.82) is 0 Å². The van der Waals surface area contributed by atoms with Gasteiger partial charge in [0.2, 0.25) is 5.91 Å². The molecule has 1 amide bonds. The van der Waals surface area contributed by atoms with Crippen LogP contribution in [0.4, 0.5) is 0 Å². The molecule has 9 heteroatoms. The number of rotatable bonds is 5. The normalized spacial score (nSPS) is 27.3. The number of thiophene rings is 1. The molecule has 0 N–H and O–H groups in total. The van der Waals surface area contributed by atoms with Gasteiger partial charge in [-0.1, -0.05) is 6.07 Å². The minimum Gasteiger partial charge on any atom is -0.339 e. The first kappa shape index (κ1) is 20.3. The number of hydrogen-bond acceptors (Lipinski definition) is 7. The lowest BCUT2D eigenvalue weighted by atomic mass is 10.2. The smallest absolute Gasteiger partial charge is 0.236 e. The zero-order chi connectivity index (χ0) is 19.6. The van der Waals surface area contributed by atoms with Crippen molar-refractivity contribution in [1.82, 2.24) is 19.6 Å². The van der Waals surface area contributed by atoms with Crippen LogP contribution < -0.4 is 0 Å². The highest BCUT2D eigenvalue weighted by molar-refractivity contribution is 7.91. The van der Waals surface area contributed by atoms with Crippen molar-refractivity contribution in [2.75, 3.05) is 70.4 Å². The number of amides is 1. The van der Waals surface area contributed by atoms with Crippen LogP contribution >= 0.6 is 11.3 Å². The first-order valence-corrected chi connectivity index (χ1v) is 12.9. The van der Waals surface area contributed by atoms with E-state index in [1.54, 1.807) is 11.3 Å². The van der Waals surface area contributed by atoms with E-state index in [2.05, 4.69) is 32.2 Å². The summed E-state index contributed by atoms with van der Waals surface area (Å²) in [4.78, 5) is 23.0. The maximum atomic E-state index is 12.7. The topological polar surface area (TPSA) is 64.2 Å². The molecule has 3 saturated heterocycles. The Bertz CT molecular complexity index is 752. The third-order valence-electron chi connectivity index (χ3n) is 6.18. The number of sulfone groups is 1. The highest BCUT2D eigenvalue weighted by atomic mass is 32.2. The summed E-state index contributed by atoms with van der Waals surface area (Å²) < 4.78 is 23.4. The molecule has 0 spiro atoms. The number of carbonyl (C=O) groups excluding carboxylic acids is 1. The van der Waals surface area contributed by atoms with E-state index in [1.165, 1.54) is 4.88 Å². The van der Waals surface area contributed by atoms with Crippen LogP contribution in [0.15, 0.2) is 17.5 Å². The third kappa shape index (κ3) is 5.13. The molecule has 0 aliphatic carbocycles. The molecule has 3 aliphatic heterocycles. The first-order valence-electron chi connectivity index (χ1n) is 10.2. The summed E-state index contributed by atoms with van der Waals surface area (Å²) in [5.74, 6) is 0.816. The molecular formula is C19H30N4O3S2. The van der Waals surface area contributed by atoms with Crippen LogP contribution in [0.25, 0.3) is 0 Å². The lowest BCUT2D eigenvalue weighted by molar-refractivity contribution is -0.134. The second-order valence-corrected chi connectivity index (χ2v) is 11.4. The van der Waals surface area contributed by atoms with Gasteiger partial charge in [0.25, 0.3) is 0 Å². The highest BCUT2D eigenvalue weighted by Crippen LogP contribution is 2.19. The Balaban J connectivity index is 1.17. The Morgan fingerprint density at radius 2 is 1.75 bits per heavy atom. The predicted octanol–water partition coefficient (Wildman–Crippen LogP) is 0.197. The van der Waals surface area contributed by atoms with Crippen LogP contribution in [0.3, 0.4) is 0 Å². The van der Waals surface area contributed by atoms with Crippen molar-refractivity contribution < 1.29 is 13.2 Å². The molecule has 0 aromatic carbocycles. The molecule has 4 heterocycles. The Labute approximate surface area is 171 Å². The molecule has 0 radical (unpaired) electrons. The van der Waals surface area contributed by atoms with Crippen LogP contribution in [-0.2, 0) is 21.2 Å². The summed E-state index contributed by atoms with van der Waals surface area (Å²) in [5, 5.41) is 2.12. The minimum absolute atomic E-state index is 0.152. The van der Waals surface area contributed by atoms with Crippen LogP contribution in [0, 0.1) is 0 Å². The van der Waals surface area contributed by atoms with Gasteiger partial charge in [-0.05, 0) is 17.9 Å². The van der Waals surface area contributed by atoms with E-state index in [1.807, 2.05) is 4.90 Å². The number of carbonyl (C=O) groups is 1. The lowest BCUT2D eigenvalue weighted by Crippen LogP contribution is -2.55. The van der Waals surface area contributed by atoms with Crippen molar-refractivity contribution in [2.45, 2.75) is 19.0 Å². The molecule has 4 rings (SSSR count). The van der Waals surface area contributed by atoms with Crippen molar-refractivity contribution in [2.24, 2.45) is 0 Å². The molecule has 1 unspecified atom stereocenters. The van der Waals surface area contributed by atoms with Gasteiger partial charge in [-0.25, -0.2) is 8.42 Å². The summed E-state index contributed by atoms with van der Waals surface area (Å²) in [7, 11) is -2.85. The first-order chi connectivity index (χ1) is 13.5. The quantitative estimate of drug-likeness (QED) is 0.670. The molecule has 3 fully saturated rings. The molecule has 1 atom stereocenters. The lowest BCUT2D eigenvalue weighted by Gasteiger charge is -2.39. The molecule has 0 bridgehead atoms. The van der Waals surface area contributed by atoms with Crippen LogP contribution in [0.1, 0.15) is 11.3 Å². The maximum absolute atomic E-state index is 12.7. The van der Waals surface area contributed by atoms with Gasteiger partial charge in [0.15, 0.2) is 9.84 Å². The van der Waals surface area contributed by atoms with E-state index < -0.39 is 9.84 Å². The molecule has 1 aromatic heterocycles. The van der Waals surface area contributed by atoms with Gasteiger partial charge in [0.1, 0.15) is 0 Å². The molecule has 156 valence electrons. The van der Waals surface area contributed by atoms with E-state index in [-0.39, 0.29) is 17.7 Å². The standard InChI is InChI=1S/C19H30N4O3S2/c24-19(15-21-6-4-20(5-7-21)14-18-2-1-12-27-18)23-10-8-22(9-11-23)17-3-13-28(25,26)16-17/h1-2,12,17H,3-11,13-16H2. The second-order valence-electron chi connectivity index (χ2n) is 8.11. The summed E-state index contributed by atoms with van der Waals surface area (Å²) in [6, 6.07) is 4.43. The van der Waals surface area contributed by atoms with Gasteiger partial charge in [-0.15, -0.1) is 11.3 Å². The maximum Gasteiger partial charge on any atom is 0.236 e. The highest BCUT2D eigenvalue weighted by Gasteiger charge is 2.34. The molecule has 1 aromatic rings. The summed E-state index contributed by atoms with van der Waals surface area (Å²) >= 11 is 1.80. The van der Waals surface area contributed by atoms with E-state index in [0.29, 0.717) is 25.4 Å². The van der Waals surface area contributed by atoms with E-state index >= 15 is 0 Å². The summed E-state index contributed by atoms with van der Waals surface area (Å²) in [5.41, 5.74) is 0. The van der Waals surface area contributed by atoms with Crippen molar-refractivity contribution in [3.05, 3.63) is 22.4 Å². The van der Waals surface area contributed by atoms with Crippen LogP contribution in [0.5, 0.6) is 0 Å². The van der Waals surface area contributed by atoms with Gasteiger partial charge in [0.05, 0.1) is 18.1 Å². The van der Waals surface area contributed by atoms with E-state index in [4.69, 9.17) is 0 Å². The summed E-state index contributed by atoms with van der Waals surface area (Å²) in [6.07, 6.45) is 0.742. The Morgan fingerprint density at radius 1 is 1.04 bits per heavy atom.